The molecule has 1 saturated heterocycles. The molecule has 1 fully saturated rings. The summed E-state index contributed by atoms with van der Waals surface area (Å²) in [5, 5.41) is 14.4. The average Bonchev–Trinajstić information content (AvgIpc) is 2.38. The Bertz CT molecular complexity index is 285. The summed E-state index contributed by atoms with van der Waals surface area (Å²) in [6.45, 7) is 0.568. The van der Waals surface area contributed by atoms with E-state index in [4.69, 9.17) is 9.84 Å². The number of carbonyl (C=O) groups is 2. The minimum Gasteiger partial charge on any atom is -0.479 e. The SMILES string of the molecule is COC(CNC(=O)NCC1CSCCS1)C(=O)O. The van der Waals surface area contributed by atoms with Gasteiger partial charge in [0.25, 0.3) is 0 Å². The van der Waals surface area contributed by atoms with E-state index in [2.05, 4.69) is 10.6 Å². The highest BCUT2D eigenvalue weighted by Crippen LogP contribution is 2.23. The van der Waals surface area contributed by atoms with Crippen LogP contribution in [0, 0.1) is 0 Å². The number of methoxy groups -OCH3 is 1. The highest BCUT2D eigenvalue weighted by Gasteiger charge is 2.18. The summed E-state index contributed by atoms with van der Waals surface area (Å²) in [5.74, 6) is 2.24. The van der Waals surface area contributed by atoms with Crippen molar-refractivity contribution in [1.29, 1.82) is 0 Å². The normalized spacial score (nSPS) is 21.1. The number of rotatable bonds is 6. The molecule has 1 aliphatic rings. The molecule has 0 bridgehead atoms. The van der Waals surface area contributed by atoms with E-state index in [1.165, 1.54) is 12.9 Å². The molecule has 2 amide bonds. The molecule has 0 aromatic rings. The molecule has 0 aliphatic carbocycles. The molecule has 1 aliphatic heterocycles. The van der Waals surface area contributed by atoms with Crippen molar-refractivity contribution in [2.75, 3.05) is 37.5 Å². The molecule has 8 heteroatoms. The van der Waals surface area contributed by atoms with Crippen LogP contribution in [-0.2, 0) is 9.53 Å². The van der Waals surface area contributed by atoms with Gasteiger partial charge in [-0.1, -0.05) is 0 Å². The highest BCUT2D eigenvalue weighted by molar-refractivity contribution is 8.06. The Balaban J connectivity index is 2.14. The Labute approximate surface area is 115 Å². The zero-order valence-electron chi connectivity index (χ0n) is 10.2. The summed E-state index contributed by atoms with van der Waals surface area (Å²) >= 11 is 3.75. The fourth-order valence-electron chi connectivity index (χ4n) is 1.38. The lowest BCUT2D eigenvalue weighted by Crippen LogP contribution is -2.44. The molecular formula is C10H18N2O4S2. The molecule has 0 aromatic carbocycles. The zero-order valence-corrected chi connectivity index (χ0v) is 11.8. The van der Waals surface area contributed by atoms with Gasteiger partial charge in [-0.15, -0.1) is 0 Å². The lowest BCUT2D eigenvalue weighted by molar-refractivity contribution is -0.147. The molecule has 1 rings (SSSR count). The summed E-state index contributed by atoms with van der Waals surface area (Å²) < 4.78 is 4.71. The summed E-state index contributed by atoms with van der Waals surface area (Å²) in [6, 6.07) is -0.352. The fourth-order valence-corrected chi connectivity index (χ4v) is 3.99. The van der Waals surface area contributed by atoms with E-state index in [0.717, 1.165) is 11.5 Å². The van der Waals surface area contributed by atoms with Gasteiger partial charge in [0.1, 0.15) is 0 Å². The molecule has 2 unspecified atom stereocenters. The quantitative estimate of drug-likeness (QED) is 0.650. The fraction of sp³-hybridized carbons (Fsp3) is 0.800. The Morgan fingerprint density at radius 2 is 2.22 bits per heavy atom. The first kappa shape index (κ1) is 15.5. The van der Waals surface area contributed by atoms with Gasteiger partial charge in [0, 0.05) is 36.2 Å². The maximum absolute atomic E-state index is 11.4. The summed E-state index contributed by atoms with van der Waals surface area (Å²) in [7, 11) is 1.30. The second-order valence-electron chi connectivity index (χ2n) is 3.72. The number of carbonyl (C=O) groups excluding carboxylic acids is 1. The molecule has 0 aromatic heterocycles. The molecule has 104 valence electrons. The maximum Gasteiger partial charge on any atom is 0.334 e. The van der Waals surface area contributed by atoms with Crippen LogP contribution in [0.1, 0.15) is 0 Å². The van der Waals surface area contributed by atoms with Crippen LogP contribution in [0.2, 0.25) is 0 Å². The lowest BCUT2D eigenvalue weighted by Gasteiger charge is -2.21. The summed E-state index contributed by atoms with van der Waals surface area (Å²) in [5.41, 5.74) is 0. The van der Waals surface area contributed by atoms with Crippen LogP contribution in [-0.4, -0.2) is 65.9 Å². The first-order valence-corrected chi connectivity index (χ1v) is 7.80. The van der Waals surface area contributed by atoms with Gasteiger partial charge in [-0.3, -0.25) is 0 Å². The summed E-state index contributed by atoms with van der Waals surface area (Å²) in [4.78, 5) is 22.1. The molecule has 3 N–H and O–H groups in total. The van der Waals surface area contributed by atoms with E-state index in [1.807, 2.05) is 23.5 Å². The molecule has 6 nitrogen and oxygen atoms in total. The monoisotopic (exact) mass is 294 g/mol. The van der Waals surface area contributed by atoms with Crippen molar-refractivity contribution in [2.45, 2.75) is 11.4 Å². The average molecular weight is 294 g/mol. The van der Waals surface area contributed by atoms with Gasteiger partial charge < -0.3 is 20.5 Å². The van der Waals surface area contributed by atoms with Crippen molar-refractivity contribution in [1.82, 2.24) is 10.6 Å². The molecule has 2 atom stereocenters. The number of thioether (sulfide) groups is 2. The Kier molecular flexibility index (Phi) is 7.29. The van der Waals surface area contributed by atoms with Gasteiger partial charge in [0.2, 0.25) is 0 Å². The molecule has 1 heterocycles. The molecule has 0 radical (unpaired) electrons. The van der Waals surface area contributed by atoms with Gasteiger partial charge in [0.05, 0.1) is 6.54 Å². The lowest BCUT2D eigenvalue weighted by atomic mass is 10.3. The van der Waals surface area contributed by atoms with E-state index >= 15 is 0 Å². The second-order valence-corrected chi connectivity index (χ2v) is 6.28. The molecule has 0 spiro atoms. The van der Waals surface area contributed by atoms with Gasteiger partial charge >= 0.3 is 12.0 Å². The van der Waals surface area contributed by atoms with E-state index in [-0.39, 0.29) is 12.6 Å². The van der Waals surface area contributed by atoms with E-state index in [9.17, 15) is 9.59 Å². The van der Waals surface area contributed by atoms with Crippen LogP contribution in [0.5, 0.6) is 0 Å². The van der Waals surface area contributed by atoms with Crippen LogP contribution in [0.3, 0.4) is 0 Å². The number of hydrogen-bond donors (Lipinski definition) is 3. The van der Waals surface area contributed by atoms with E-state index in [1.54, 1.807) is 0 Å². The van der Waals surface area contributed by atoms with E-state index in [0.29, 0.717) is 11.8 Å². The van der Waals surface area contributed by atoms with Crippen molar-refractivity contribution in [3.8, 4) is 0 Å². The van der Waals surface area contributed by atoms with Crippen LogP contribution in [0.25, 0.3) is 0 Å². The number of aliphatic carboxylic acids is 1. The predicted molar refractivity (Wildman–Crippen MR) is 73.4 cm³/mol. The van der Waals surface area contributed by atoms with Gasteiger partial charge in [0.15, 0.2) is 6.10 Å². The van der Waals surface area contributed by atoms with Gasteiger partial charge in [-0.2, -0.15) is 23.5 Å². The molecule has 18 heavy (non-hydrogen) atoms. The van der Waals surface area contributed by atoms with Crippen molar-refractivity contribution in [3.63, 3.8) is 0 Å². The van der Waals surface area contributed by atoms with Crippen LogP contribution in [0.4, 0.5) is 4.79 Å². The zero-order chi connectivity index (χ0) is 13.4. The summed E-state index contributed by atoms with van der Waals surface area (Å²) in [6.07, 6.45) is -1.00. The standard InChI is InChI=1S/C10H18N2O4S2/c1-16-8(9(13)14)5-12-10(15)11-4-7-6-17-2-3-18-7/h7-8H,2-6H2,1H3,(H,13,14)(H2,11,12,15). The number of carboxylic acid groups (broad SMARTS) is 1. The van der Waals surface area contributed by atoms with Crippen molar-refractivity contribution in [3.05, 3.63) is 0 Å². The topological polar surface area (TPSA) is 87.7 Å². The van der Waals surface area contributed by atoms with Gasteiger partial charge in [-0.05, 0) is 0 Å². The van der Waals surface area contributed by atoms with Crippen LogP contribution in [0.15, 0.2) is 0 Å². The third-order valence-corrected chi connectivity index (χ3v) is 5.23. The first-order valence-electron chi connectivity index (χ1n) is 5.60. The smallest absolute Gasteiger partial charge is 0.334 e. The van der Waals surface area contributed by atoms with Crippen LogP contribution >= 0.6 is 23.5 Å². The van der Waals surface area contributed by atoms with Crippen molar-refractivity contribution >= 4 is 35.5 Å². The number of ether oxygens (including phenoxy) is 1. The number of nitrogens with one attached hydrogen (secondary N) is 2. The maximum atomic E-state index is 11.4. The third-order valence-electron chi connectivity index (χ3n) is 2.38. The third kappa shape index (κ3) is 5.83. The largest absolute Gasteiger partial charge is 0.479 e. The Hall–Kier alpha value is -0.600. The number of hydrogen-bond acceptors (Lipinski definition) is 5. The molecule has 0 saturated carbocycles. The minimum atomic E-state index is -1.09. The van der Waals surface area contributed by atoms with Crippen molar-refractivity contribution in [2.24, 2.45) is 0 Å². The molecular weight excluding hydrogens is 276 g/mol. The number of amides is 2. The second kappa shape index (κ2) is 8.49. The Morgan fingerprint density at radius 1 is 1.44 bits per heavy atom. The minimum absolute atomic E-state index is 0.0375. The predicted octanol–water partition coefficient (Wildman–Crippen LogP) is 0.234. The van der Waals surface area contributed by atoms with Crippen LogP contribution < -0.4 is 10.6 Å². The Morgan fingerprint density at radius 3 is 2.78 bits per heavy atom. The number of carboxylic acids is 1. The van der Waals surface area contributed by atoms with Gasteiger partial charge in [-0.25, -0.2) is 9.59 Å². The first-order chi connectivity index (χ1) is 8.63. The van der Waals surface area contributed by atoms with Crippen molar-refractivity contribution < 1.29 is 19.4 Å². The van der Waals surface area contributed by atoms with E-state index < -0.39 is 12.1 Å². The highest BCUT2D eigenvalue weighted by atomic mass is 32.2. The number of urea groups is 1.